The molecule has 2 aromatic rings. The number of ether oxygens (including phenoxy) is 2. The predicted octanol–water partition coefficient (Wildman–Crippen LogP) is 2.91. The van der Waals surface area contributed by atoms with Crippen molar-refractivity contribution >= 4 is 23.5 Å². The van der Waals surface area contributed by atoms with Crippen molar-refractivity contribution in [3.05, 3.63) is 64.7 Å². The van der Waals surface area contributed by atoms with Crippen LogP contribution in [0.2, 0.25) is 0 Å². The first-order valence-corrected chi connectivity index (χ1v) is 14.3. The van der Waals surface area contributed by atoms with Gasteiger partial charge in [-0.25, -0.2) is 0 Å². The summed E-state index contributed by atoms with van der Waals surface area (Å²) in [4.78, 5) is 51.7. The zero-order valence-corrected chi connectivity index (χ0v) is 22.8. The molecule has 2 fully saturated rings. The van der Waals surface area contributed by atoms with Gasteiger partial charge in [0, 0.05) is 55.6 Å². The van der Waals surface area contributed by atoms with E-state index in [1.54, 1.807) is 12.1 Å². The summed E-state index contributed by atoms with van der Waals surface area (Å²) in [7, 11) is 0. The predicted molar refractivity (Wildman–Crippen MR) is 148 cm³/mol. The number of hydrogen-bond donors (Lipinski definition) is 2. The Bertz CT molecular complexity index is 1260. The minimum atomic E-state index is -0.214. The van der Waals surface area contributed by atoms with E-state index in [0.717, 1.165) is 62.4 Å². The molecular weight excluding hydrogens is 510 g/mol. The third-order valence-electron chi connectivity index (χ3n) is 8.11. The molecule has 2 unspecified atom stereocenters. The maximum atomic E-state index is 13.1. The molecule has 9 nitrogen and oxygen atoms in total. The Morgan fingerprint density at radius 3 is 2.62 bits per heavy atom. The molecule has 1 aliphatic carbocycles. The maximum absolute atomic E-state index is 13.1. The smallest absolute Gasteiger partial charge is 0.251 e. The van der Waals surface area contributed by atoms with Crippen LogP contribution in [0.4, 0.5) is 0 Å². The van der Waals surface area contributed by atoms with Gasteiger partial charge in [0.25, 0.3) is 5.91 Å². The van der Waals surface area contributed by atoms with Crippen LogP contribution in [-0.2, 0) is 27.3 Å². The Morgan fingerprint density at radius 2 is 1.80 bits per heavy atom. The fraction of sp³-hybridized carbons (Fsp3) is 0.484. The molecule has 2 aliphatic heterocycles. The van der Waals surface area contributed by atoms with E-state index in [1.165, 1.54) is 0 Å². The lowest BCUT2D eigenvalue weighted by Gasteiger charge is -2.26. The van der Waals surface area contributed by atoms with Gasteiger partial charge in [0.05, 0.1) is 13.2 Å². The molecule has 0 radical (unpaired) electrons. The van der Waals surface area contributed by atoms with E-state index in [0.29, 0.717) is 50.1 Å². The Labute approximate surface area is 234 Å². The van der Waals surface area contributed by atoms with Crippen molar-refractivity contribution in [2.75, 3.05) is 39.5 Å². The number of carbonyl (C=O) groups excluding carboxylic acids is 4. The molecule has 2 aromatic carbocycles. The number of Topliss-reactive ketones (excluding diaryl/α,β-unsaturated/α-hetero) is 1. The number of nitrogens with zero attached hydrogens (tertiary/aromatic N) is 1. The average Bonchev–Trinajstić information content (AvgIpc) is 2.97. The number of aryl methyl sites for hydroxylation is 1. The van der Waals surface area contributed by atoms with Crippen LogP contribution < -0.4 is 15.4 Å². The number of nitrogens with one attached hydrogen (secondary N) is 2. The van der Waals surface area contributed by atoms with E-state index in [2.05, 4.69) is 15.5 Å². The summed E-state index contributed by atoms with van der Waals surface area (Å²) in [6.45, 7) is 5.06. The van der Waals surface area contributed by atoms with Gasteiger partial charge in [0.2, 0.25) is 11.8 Å². The number of rotatable bonds is 10. The van der Waals surface area contributed by atoms with Crippen molar-refractivity contribution in [2.24, 2.45) is 11.8 Å². The molecule has 2 heterocycles. The van der Waals surface area contributed by atoms with E-state index in [4.69, 9.17) is 9.47 Å². The van der Waals surface area contributed by atoms with Crippen molar-refractivity contribution in [2.45, 2.75) is 45.1 Å². The molecule has 0 aromatic heterocycles. The molecule has 40 heavy (non-hydrogen) atoms. The van der Waals surface area contributed by atoms with E-state index in [-0.39, 0.29) is 35.3 Å². The van der Waals surface area contributed by atoms with Gasteiger partial charge >= 0.3 is 0 Å². The largest absolute Gasteiger partial charge is 0.492 e. The summed E-state index contributed by atoms with van der Waals surface area (Å²) in [5.74, 6) is -0.119. The van der Waals surface area contributed by atoms with Crippen molar-refractivity contribution in [1.82, 2.24) is 15.5 Å². The molecule has 0 saturated carbocycles. The number of fused-ring (bicyclic) bond motifs is 1. The summed E-state index contributed by atoms with van der Waals surface area (Å²) >= 11 is 0. The molecule has 0 spiro atoms. The number of piperidine rings is 1. The molecule has 0 bridgehead atoms. The van der Waals surface area contributed by atoms with Gasteiger partial charge in [-0.3, -0.25) is 29.4 Å². The minimum Gasteiger partial charge on any atom is -0.492 e. The number of benzene rings is 2. The molecule has 5 rings (SSSR count). The molecule has 2 N–H and O–H groups in total. The zero-order chi connectivity index (χ0) is 27.9. The molecular formula is C31H37N3O6. The highest BCUT2D eigenvalue weighted by molar-refractivity contribution is 6.01. The van der Waals surface area contributed by atoms with Crippen LogP contribution in [0, 0.1) is 11.8 Å². The first-order chi connectivity index (χ1) is 19.5. The monoisotopic (exact) mass is 547 g/mol. The number of carbonyl (C=O) groups is 4. The molecule has 9 heteroatoms. The van der Waals surface area contributed by atoms with Gasteiger partial charge in [-0.1, -0.05) is 24.3 Å². The third kappa shape index (κ3) is 7.14. The van der Waals surface area contributed by atoms with E-state index >= 15 is 0 Å². The Hall–Kier alpha value is -3.56. The van der Waals surface area contributed by atoms with Crippen LogP contribution in [0.1, 0.15) is 63.9 Å². The second-order valence-corrected chi connectivity index (χ2v) is 10.8. The van der Waals surface area contributed by atoms with E-state index < -0.39 is 0 Å². The lowest BCUT2D eigenvalue weighted by atomic mass is 9.78. The number of amides is 3. The zero-order valence-electron chi connectivity index (χ0n) is 22.8. The second-order valence-electron chi connectivity index (χ2n) is 10.8. The van der Waals surface area contributed by atoms with E-state index in [9.17, 15) is 19.2 Å². The van der Waals surface area contributed by atoms with Crippen LogP contribution in [0.25, 0.3) is 0 Å². The summed E-state index contributed by atoms with van der Waals surface area (Å²) in [6, 6.07) is 13.0. The average molecular weight is 548 g/mol. The number of morpholine rings is 1. The highest BCUT2D eigenvalue weighted by Gasteiger charge is 2.31. The Balaban J connectivity index is 1.10. The lowest BCUT2D eigenvalue weighted by Crippen LogP contribution is -2.41. The lowest BCUT2D eigenvalue weighted by molar-refractivity contribution is -0.136. The second kappa shape index (κ2) is 13.2. The normalized spacial score (nSPS) is 21.4. The van der Waals surface area contributed by atoms with Crippen LogP contribution in [0.3, 0.4) is 0 Å². The summed E-state index contributed by atoms with van der Waals surface area (Å²) in [6.07, 6.45) is 3.72. The SMILES string of the molecule is O=C1CCC(CCC2CCc3cc(CNC(=O)c4cccc(OCCN5CCOCC5)c4)ccc3C2=O)C(=O)N1. The Morgan fingerprint density at radius 1 is 1.00 bits per heavy atom. The van der Waals surface area contributed by atoms with Gasteiger partial charge in [0.15, 0.2) is 5.78 Å². The van der Waals surface area contributed by atoms with E-state index in [1.807, 2.05) is 30.3 Å². The van der Waals surface area contributed by atoms with Gasteiger partial charge in [-0.2, -0.15) is 0 Å². The highest BCUT2D eigenvalue weighted by atomic mass is 16.5. The highest BCUT2D eigenvalue weighted by Crippen LogP contribution is 2.31. The molecule has 212 valence electrons. The fourth-order valence-corrected chi connectivity index (χ4v) is 5.71. The van der Waals surface area contributed by atoms with Crippen LogP contribution in [-0.4, -0.2) is 67.9 Å². The maximum Gasteiger partial charge on any atom is 0.251 e. The topological polar surface area (TPSA) is 114 Å². The van der Waals surface area contributed by atoms with Crippen molar-refractivity contribution in [3.8, 4) is 5.75 Å². The van der Waals surface area contributed by atoms with Crippen molar-refractivity contribution in [1.29, 1.82) is 0 Å². The summed E-state index contributed by atoms with van der Waals surface area (Å²) in [5, 5.41) is 5.38. The first kappa shape index (κ1) is 28.0. The molecule has 2 saturated heterocycles. The van der Waals surface area contributed by atoms with Crippen molar-refractivity contribution < 1.29 is 28.7 Å². The summed E-state index contributed by atoms with van der Waals surface area (Å²) in [5.41, 5.74) is 3.22. The van der Waals surface area contributed by atoms with Gasteiger partial charge < -0.3 is 14.8 Å². The van der Waals surface area contributed by atoms with Gasteiger partial charge in [0.1, 0.15) is 12.4 Å². The van der Waals surface area contributed by atoms with Crippen LogP contribution in [0.15, 0.2) is 42.5 Å². The quantitative estimate of drug-likeness (QED) is 0.440. The standard InChI is InChI=1S/C31H37N3O6/c35-28-11-9-23(31(38)33-28)7-5-22-6-8-24-18-21(4-10-27(24)29(22)36)20-32-30(37)25-2-1-3-26(19-25)40-17-14-34-12-15-39-16-13-34/h1-4,10,18-19,22-23H,5-9,11-17,20H2,(H,32,37)(H,33,35,38). The minimum absolute atomic E-state index is 0.105. The van der Waals surface area contributed by atoms with Crippen LogP contribution >= 0.6 is 0 Å². The van der Waals surface area contributed by atoms with Gasteiger partial charge in [-0.15, -0.1) is 0 Å². The fourth-order valence-electron chi connectivity index (χ4n) is 5.71. The number of ketones is 1. The summed E-state index contributed by atoms with van der Waals surface area (Å²) < 4.78 is 11.2. The van der Waals surface area contributed by atoms with Crippen molar-refractivity contribution in [3.63, 3.8) is 0 Å². The molecule has 3 amide bonds. The molecule has 2 atom stereocenters. The Kier molecular flexibility index (Phi) is 9.23. The molecule has 3 aliphatic rings. The third-order valence-corrected chi connectivity index (χ3v) is 8.11. The first-order valence-electron chi connectivity index (χ1n) is 14.3. The number of hydrogen-bond acceptors (Lipinski definition) is 7. The number of imide groups is 1. The van der Waals surface area contributed by atoms with Gasteiger partial charge in [-0.05, 0) is 61.4 Å². The van der Waals surface area contributed by atoms with Crippen LogP contribution in [0.5, 0.6) is 5.75 Å².